The average molecular weight is 272 g/mol. The number of aliphatic hydroxyl groups is 1. The molecule has 0 amide bonds. The van der Waals surface area contributed by atoms with E-state index in [1.807, 2.05) is 0 Å². The Morgan fingerprint density at radius 1 is 1.61 bits per heavy atom. The van der Waals surface area contributed by atoms with Crippen LogP contribution in [0.4, 0.5) is 5.69 Å². The highest BCUT2D eigenvalue weighted by atomic mass is 32.2. The molecule has 1 unspecified atom stereocenters. The zero-order valence-electron chi connectivity index (χ0n) is 10.00. The second kappa shape index (κ2) is 4.47. The van der Waals surface area contributed by atoms with Gasteiger partial charge in [0.1, 0.15) is 0 Å². The minimum atomic E-state index is -3.73. The molecular weight excluding hydrogens is 256 g/mol. The van der Waals surface area contributed by atoms with Crippen molar-refractivity contribution in [3.05, 3.63) is 18.3 Å². The molecule has 0 aromatic carbocycles. The minimum absolute atomic E-state index is 0.0654. The smallest absolute Gasteiger partial charge is 0.262 e. The summed E-state index contributed by atoms with van der Waals surface area (Å²) in [6, 6.07) is 3.13. The monoisotopic (exact) mass is 272 g/mol. The number of nitrogens with zero attached hydrogens (tertiary/aromatic N) is 2. The van der Waals surface area contributed by atoms with E-state index in [0.29, 0.717) is 6.42 Å². The Hall–Kier alpha value is -1.22. The van der Waals surface area contributed by atoms with Crippen molar-refractivity contribution in [3.63, 3.8) is 0 Å². The van der Waals surface area contributed by atoms with E-state index >= 15 is 0 Å². The van der Waals surface area contributed by atoms with Crippen molar-refractivity contribution in [2.24, 2.45) is 5.84 Å². The maximum atomic E-state index is 12.4. The molecule has 0 saturated carbocycles. The maximum absolute atomic E-state index is 12.4. The summed E-state index contributed by atoms with van der Waals surface area (Å²) in [5.74, 6) is 5.28. The van der Waals surface area contributed by atoms with Gasteiger partial charge in [-0.25, -0.2) is 13.4 Å². The first-order valence-corrected chi connectivity index (χ1v) is 6.95. The maximum Gasteiger partial charge on any atom is 0.262 e. The number of nitrogens with two attached hydrogens (primary N) is 1. The molecule has 1 atom stereocenters. The largest absolute Gasteiger partial charge is 0.389 e. The van der Waals surface area contributed by atoms with Gasteiger partial charge in [-0.15, -0.1) is 0 Å². The molecule has 1 aromatic heterocycles. The first-order valence-electron chi connectivity index (χ1n) is 5.51. The highest BCUT2D eigenvalue weighted by molar-refractivity contribution is 7.89. The van der Waals surface area contributed by atoms with Crippen LogP contribution in [0.15, 0.2) is 23.4 Å². The second-order valence-corrected chi connectivity index (χ2v) is 6.44. The fourth-order valence-electron chi connectivity index (χ4n) is 1.94. The third kappa shape index (κ3) is 2.32. The number of hydrogen-bond acceptors (Lipinski definition) is 6. The summed E-state index contributed by atoms with van der Waals surface area (Å²) in [6.45, 7) is 1.95. The van der Waals surface area contributed by atoms with Crippen LogP contribution in [0.25, 0.3) is 0 Å². The van der Waals surface area contributed by atoms with Crippen LogP contribution in [0.3, 0.4) is 0 Å². The van der Waals surface area contributed by atoms with Crippen molar-refractivity contribution in [2.45, 2.75) is 24.0 Å². The first kappa shape index (κ1) is 13.2. The molecule has 0 spiro atoms. The number of hydrazine groups is 1. The lowest BCUT2D eigenvalue weighted by atomic mass is 10.1. The Morgan fingerprint density at radius 2 is 2.33 bits per heavy atom. The van der Waals surface area contributed by atoms with E-state index in [-0.39, 0.29) is 23.8 Å². The first-order chi connectivity index (χ1) is 8.37. The lowest BCUT2D eigenvalue weighted by Crippen LogP contribution is -2.34. The number of nitrogens with one attached hydrogen (secondary N) is 1. The minimum Gasteiger partial charge on any atom is -0.389 e. The number of anilines is 1. The van der Waals surface area contributed by atoms with Gasteiger partial charge in [0.05, 0.1) is 11.3 Å². The van der Waals surface area contributed by atoms with E-state index < -0.39 is 15.6 Å². The summed E-state index contributed by atoms with van der Waals surface area (Å²) in [4.78, 5) is 3.86. The van der Waals surface area contributed by atoms with Gasteiger partial charge in [0, 0.05) is 19.3 Å². The summed E-state index contributed by atoms with van der Waals surface area (Å²) in [5, 5.41) is 9.71. The van der Waals surface area contributed by atoms with Gasteiger partial charge in [0.15, 0.2) is 5.03 Å². The molecule has 100 valence electrons. The van der Waals surface area contributed by atoms with Crippen LogP contribution < -0.4 is 11.3 Å². The molecule has 1 aromatic rings. The molecule has 2 rings (SSSR count). The van der Waals surface area contributed by atoms with Crippen molar-refractivity contribution in [3.8, 4) is 0 Å². The van der Waals surface area contributed by atoms with Crippen molar-refractivity contribution in [1.29, 1.82) is 0 Å². The van der Waals surface area contributed by atoms with Gasteiger partial charge in [-0.1, -0.05) is 0 Å². The van der Waals surface area contributed by atoms with E-state index in [9.17, 15) is 13.5 Å². The van der Waals surface area contributed by atoms with Crippen LogP contribution in [0.2, 0.25) is 0 Å². The summed E-state index contributed by atoms with van der Waals surface area (Å²) in [5.41, 5.74) is 1.57. The Bertz CT molecular complexity index is 544. The van der Waals surface area contributed by atoms with E-state index in [2.05, 4.69) is 10.4 Å². The highest BCUT2D eigenvalue weighted by Gasteiger charge is 2.39. The summed E-state index contributed by atoms with van der Waals surface area (Å²) in [7, 11) is -3.73. The zero-order valence-corrected chi connectivity index (χ0v) is 10.8. The Kier molecular flexibility index (Phi) is 3.28. The second-order valence-electron chi connectivity index (χ2n) is 4.59. The molecular formula is C10H16N4O3S. The van der Waals surface area contributed by atoms with Gasteiger partial charge in [-0.2, -0.15) is 4.31 Å². The zero-order chi connectivity index (χ0) is 13.4. The fourth-order valence-corrected chi connectivity index (χ4v) is 3.56. The van der Waals surface area contributed by atoms with Crippen LogP contribution in [-0.2, 0) is 10.0 Å². The molecule has 18 heavy (non-hydrogen) atoms. The van der Waals surface area contributed by atoms with Crippen LogP contribution in [0.5, 0.6) is 0 Å². The molecule has 0 radical (unpaired) electrons. The van der Waals surface area contributed by atoms with Gasteiger partial charge in [-0.3, -0.25) is 5.84 Å². The number of β-amino-alcohol motifs (C(OH)–C–C–N with tert-alkyl or cyclic N) is 1. The van der Waals surface area contributed by atoms with Crippen LogP contribution in [0, 0.1) is 0 Å². The standard InChI is InChI=1S/C10H16N4O3S/c1-10(15)4-6-14(7-10)18(16,17)9-8(13-11)3-2-5-12-9/h2-3,5,13,15H,4,6-7,11H2,1H3. The van der Waals surface area contributed by atoms with Crippen molar-refractivity contribution < 1.29 is 13.5 Å². The number of hydrogen-bond donors (Lipinski definition) is 3. The normalized spacial score (nSPS) is 25.3. The van der Waals surface area contributed by atoms with Crippen molar-refractivity contribution in [2.75, 3.05) is 18.5 Å². The summed E-state index contributed by atoms with van der Waals surface area (Å²) < 4.78 is 25.9. The summed E-state index contributed by atoms with van der Waals surface area (Å²) in [6.07, 6.45) is 1.80. The van der Waals surface area contributed by atoms with Gasteiger partial charge < -0.3 is 10.5 Å². The predicted octanol–water partition coefficient (Wildman–Crippen LogP) is -0.487. The molecule has 1 aliphatic rings. The number of nitrogen functional groups attached to an aromatic ring is 1. The third-order valence-electron chi connectivity index (χ3n) is 2.93. The van der Waals surface area contributed by atoms with Crippen molar-refractivity contribution >= 4 is 15.7 Å². The molecule has 1 aliphatic heterocycles. The predicted molar refractivity (Wildman–Crippen MR) is 66.0 cm³/mol. The number of rotatable bonds is 3. The van der Waals surface area contributed by atoms with Gasteiger partial charge in [0.25, 0.3) is 10.0 Å². The molecule has 1 fully saturated rings. The molecule has 4 N–H and O–H groups in total. The fraction of sp³-hybridized carbons (Fsp3) is 0.500. The Balaban J connectivity index is 2.38. The van der Waals surface area contributed by atoms with Crippen LogP contribution in [0.1, 0.15) is 13.3 Å². The van der Waals surface area contributed by atoms with E-state index in [4.69, 9.17) is 5.84 Å². The lowest BCUT2D eigenvalue weighted by molar-refractivity contribution is 0.0762. The molecule has 8 heteroatoms. The number of sulfonamides is 1. The SMILES string of the molecule is CC1(O)CCN(S(=O)(=O)c2ncccc2NN)C1. The molecule has 0 aliphatic carbocycles. The molecule has 7 nitrogen and oxygen atoms in total. The quantitative estimate of drug-likeness (QED) is 0.506. The highest BCUT2D eigenvalue weighted by Crippen LogP contribution is 2.28. The lowest BCUT2D eigenvalue weighted by Gasteiger charge is -2.19. The number of pyridine rings is 1. The van der Waals surface area contributed by atoms with E-state index in [0.717, 1.165) is 0 Å². The average Bonchev–Trinajstić information content (AvgIpc) is 2.70. The van der Waals surface area contributed by atoms with Gasteiger partial charge in [0.2, 0.25) is 0 Å². The Labute approximate surface area is 106 Å². The van der Waals surface area contributed by atoms with Crippen LogP contribution in [-0.4, -0.2) is 41.5 Å². The van der Waals surface area contributed by atoms with Gasteiger partial charge in [-0.05, 0) is 25.5 Å². The molecule has 0 bridgehead atoms. The number of aromatic nitrogens is 1. The summed E-state index contributed by atoms with van der Waals surface area (Å²) >= 11 is 0. The molecule has 1 saturated heterocycles. The van der Waals surface area contributed by atoms with E-state index in [1.165, 1.54) is 16.6 Å². The van der Waals surface area contributed by atoms with E-state index in [1.54, 1.807) is 13.0 Å². The topological polar surface area (TPSA) is 109 Å². The van der Waals surface area contributed by atoms with Gasteiger partial charge >= 0.3 is 0 Å². The third-order valence-corrected chi connectivity index (χ3v) is 4.73. The van der Waals surface area contributed by atoms with Crippen LogP contribution >= 0.6 is 0 Å². The molecule has 2 heterocycles. The Morgan fingerprint density at radius 3 is 2.89 bits per heavy atom. The van der Waals surface area contributed by atoms with Crippen molar-refractivity contribution in [1.82, 2.24) is 9.29 Å².